The van der Waals surface area contributed by atoms with E-state index in [4.69, 9.17) is 14.9 Å². The maximum atomic E-state index is 14.2. The number of ether oxygens (including phenoxy) is 2. The number of nitrogens with zero attached hydrogens (tertiary/aromatic N) is 2. The van der Waals surface area contributed by atoms with Gasteiger partial charge >= 0.3 is 11.9 Å². The van der Waals surface area contributed by atoms with Crippen LogP contribution in [0.4, 0.5) is 11.4 Å². The summed E-state index contributed by atoms with van der Waals surface area (Å²) in [4.78, 5) is 30.0. The Hall–Kier alpha value is -4.13. The van der Waals surface area contributed by atoms with Crippen LogP contribution < -0.4 is 14.2 Å². The van der Waals surface area contributed by atoms with E-state index in [-0.39, 0.29) is 23.8 Å². The van der Waals surface area contributed by atoms with Gasteiger partial charge in [-0.3, -0.25) is 15.1 Å². The largest absolute Gasteiger partial charge is 0.496 e. The van der Waals surface area contributed by atoms with Crippen LogP contribution in [0, 0.1) is 5.41 Å². The fraction of sp³-hybridized carbons (Fsp3) is 0.115. The fourth-order valence-corrected chi connectivity index (χ4v) is 4.54. The van der Waals surface area contributed by atoms with Gasteiger partial charge in [0.05, 0.1) is 25.1 Å². The summed E-state index contributed by atoms with van der Waals surface area (Å²) in [6.07, 6.45) is 4.64. The number of hydrogen-bond acceptors (Lipinski definition) is 6. The van der Waals surface area contributed by atoms with Gasteiger partial charge in [0.1, 0.15) is 11.3 Å². The van der Waals surface area contributed by atoms with E-state index in [2.05, 4.69) is 5.87 Å². The fourth-order valence-electron chi connectivity index (χ4n) is 3.49. The summed E-state index contributed by atoms with van der Waals surface area (Å²) < 4.78 is 11.9. The molecular formula is C26H22N3O4S+. The van der Waals surface area contributed by atoms with Crippen LogP contribution in [-0.4, -0.2) is 31.5 Å². The molecule has 1 aliphatic heterocycles. The van der Waals surface area contributed by atoms with Crippen molar-refractivity contribution in [3.05, 3.63) is 84.7 Å². The Balaban J connectivity index is 1.89. The maximum absolute atomic E-state index is 14.2. The van der Waals surface area contributed by atoms with Gasteiger partial charge in [0.2, 0.25) is 0 Å². The van der Waals surface area contributed by atoms with Gasteiger partial charge in [0, 0.05) is 28.0 Å². The normalized spacial score (nSPS) is 12.2. The number of esters is 1. The Bertz CT molecular complexity index is 1280. The highest BCUT2D eigenvalue weighted by Crippen LogP contribution is 2.48. The lowest BCUT2D eigenvalue weighted by Crippen LogP contribution is -2.42. The van der Waals surface area contributed by atoms with E-state index in [0.29, 0.717) is 5.75 Å². The number of aromatic nitrogens is 1. The third-order valence-corrected chi connectivity index (χ3v) is 6.21. The molecule has 170 valence electrons. The third kappa shape index (κ3) is 4.50. The quantitative estimate of drug-likeness (QED) is 0.189. The monoisotopic (exact) mass is 472 g/mol. The van der Waals surface area contributed by atoms with E-state index in [1.54, 1.807) is 59.8 Å². The highest BCUT2D eigenvalue weighted by molar-refractivity contribution is 7.99. The minimum absolute atomic E-state index is 0.140. The lowest BCUT2D eigenvalue weighted by Gasteiger charge is -2.30. The maximum Gasteiger partial charge on any atom is 0.347 e. The Morgan fingerprint density at radius 3 is 2.15 bits per heavy atom. The molecule has 34 heavy (non-hydrogen) atoms. The van der Waals surface area contributed by atoms with Gasteiger partial charge in [-0.25, -0.2) is 4.79 Å². The number of para-hydroxylation sites is 2. The van der Waals surface area contributed by atoms with Gasteiger partial charge in [-0.1, -0.05) is 36.0 Å². The number of carbonyl (C=O) groups excluding carboxylic acids is 2. The van der Waals surface area contributed by atoms with Gasteiger partial charge in [-0.2, -0.15) is 4.57 Å². The molecule has 2 aromatic carbocycles. The SMILES string of the molecule is CCOC(=O)C(=C=N)/C=C(/C(=O)N1c2ccccc2Sc2ccccc21)[n+]1ccc(OC)cc1. The van der Waals surface area contributed by atoms with E-state index < -0.39 is 5.97 Å². The molecule has 0 saturated carbocycles. The van der Waals surface area contributed by atoms with Crippen LogP contribution in [0.2, 0.25) is 0 Å². The highest BCUT2D eigenvalue weighted by Gasteiger charge is 2.34. The second-order valence-corrected chi connectivity index (χ2v) is 8.20. The summed E-state index contributed by atoms with van der Waals surface area (Å²) in [5, 5.41) is 7.62. The summed E-state index contributed by atoms with van der Waals surface area (Å²) in [5.41, 5.74) is 1.43. The van der Waals surface area contributed by atoms with Crippen molar-refractivity contribution in [1.29, 1.82) is 5.41 Å². The van der Waals surface area contributed by atoms with Crippen LogP contribution in [0.25, 0.3) is 5.70 Å². The second kappa shape index (κ2) is 10.2. The standard InChI is InChI=1S/C26H22N3O4S/c1-3-33-26(31)18(17-27)16-22(28-14-12-19(32-2)13-15-28)25(30)29-20-8-4-6-10-23(20)34-24-11-7-5-9-21(24)29/h4-16,27H,3H2,1-2H3/q+1/b22-16-. The molecule has 2 heterocycles. The molecule has 0 fully saturated rings. The minimum atomic E-state index is -0.730. The van der Waals surface area contributed by atoms with E-state index in [1.807, 2.05) is 48.5 Å². The zero-order chi connectivity index (χ0) is 24.1. The molecule has 1 aliphatic rings. The molecule has 0 bridgehead atoms. The molecule has 7 nitrogen and oxygen atoms in total. The van der Waals surface area contributed by atoms with Crippen molar-refractivity contribution < 1.29 is 23.6 Å². The average molecular weight is 473 g/mol. The molecule has 8 heteroatoms. The van der Waals surface area contributed by atoms with E-state index in [1.165, 1.54) is 6.08 Å². The minimum Gasteiger partial charge on any atom is -0.496 e. The van der Waals surface area contributed by atoms with Crippen molar-refractivity contribution in [1.82, 2.24) is 0 Å². The lowest BCUT2D eigenvalue weighted by molar-refractivity contribution is -0.577. The van der Waals surface area contributed by atoms with Crippen molar-refractivity contribution in [2.75, 3.05) is 18.6 Å². The summed E-state index contributed by atoms with van der Waals surface area (Å²) in [5.74, 6) is 1.61. The molecular weight excluding hydrogens is 450 g/mol. The summed E-state index contributed by atoms with van der Waals surface area (Å²) in [7, 11) is 1.55. The smallest absolute Gasteiger partial charge is 0.347 e. The molecule has 0 aliphatic carbocycles. The van der Waals surface area contributed by atoms with Crippen LogP contribution in [0.5, 0.6) is 5.75 Å². The number of hydrogen-bond donors (Lipinski definition) is 1. The molecule has 4 rings (SSSR count). The van der Waals surface area contributed by atoms with Crippen LogP contribution in [0.15, 0.2) is 94.5 Å². The molecule has 0 saturated heterocycles. The van der Waals surface area contributed by atoms with Crippen molar-refractivity contribution in [3.8, 4) is 5.75 Å². The molecule has 1 amide bonds. The van der Waals surface area contributed by atoms with Crippen LogP contribution in [-0.2, 0) is 14.3 Å². The molecule has 1 aromatic heterocycles. The van der Waals surface area contributed by atoms with E-state index in [9.17, 15) is 9.59 Å². The average Bonchev–Trinajstić information content (AvgIpc) is 2.87. The van der Waals surface area contributed by atoms with E-state index >= 15 is 0 Å². The Morgan fingerprint density at radius 2 is 1.62 bits per heavy atom. The number of benzene rings is 2. The Morgan fingerprint density at radius 1 is 1.03 bits per heavy atom. The molecule has 3 aromatic rings. The first kappa shape index (κ1) is 23.0. The van der Waals surface area contributed by atoms with Gasteiger partial charge < -0.3 is 9.47 Å². The third-order valence-electron chi connectivity index (χ3n) is 5.08. The zero-order valence-corrected chi connectivity index (χ0v) is 19.5. The molecule has 0 atom stereocenters. The number of amides is 1. The predicted molar refractivity (Wildman–Crippen MR) is 129 cm³/mol. The first-order valence-electron chi connectivity index (χ1n) is 10.5. The number of nitrogens with one attached hydrogen (secondary N) is 1. The molecule has 1 N–H and O–H groups in total. The first-order chi connectivity index (χ1) is 16.6. The Kier molecular flexibility index (Phi) is 6.92. The number of anilines is 2. The number of pyridine rings is 1. The summed E-state index contributed by atoms with van der Waals surface area (Å²) in [6, 6.07) is 18.7. The number of rotatable bonds is 6. The number of methoxy groups -OCH3 is 1. The molecule has 0 spiro atoms. The number of carbonyl (C=O) groups is 2. The first-order valence-corrected chi connectivity index (χ1v) is 11.3. The van der Waals surface area contributed by atoms with Crippen LogP contribution in [0.1, 0.15) is 6.92 Å². The topological polar surface area (TPSA) is 83.6 Å². The lowest BCUT2D eigenvalue weighted by atomic mass is 10.1. The van der Waals surface area contributed by atoms with Gasteiger partial charge in [0.25, 0.3) is 5.70 Å². The highest BCUT2D eigenvalue weighted by atomic mass is 32.2. The van der Waals surface area contributed by atoms with Crippen LogP contribution >= 0.6 is 11.8 Å². The van der Waals surface area contributed by atoms with Gasteiger partial charge in [0.15, 0.2) is 12.4 Å². The van der Waals surface area contributed by atoms with Gasteiger partial charge in [-0.15, -0.1) is 0 Å². The molecule has 0 unspecified atom stereocenters. The van der Waals surface area contributed by atoms with Gasteiger partial charge in [-0.05, 0) is 37.1 Å². The summed E-state index contributed by atoms with van der Waals surface area (Å²) >= 11 is 1.59. The van der Waals surface area contributed by atoms with Crippen molar-refractivity contribution in [2.24, 2.45) is 0 Å². The predicted octanol–water partition coefficient (Wildman–Crippen LogP) is 4.39. The van der Waals surface area contributed by atoms with Crippen molar-refractivity contribution >= 4 is 46.6 Å². The number of fused-ring (bicyclic) bond motifs is 2. The summed E-state index contributed by atoms with van der Waals surface area (Å²) in [6.45, 7) is 1.81. The zero-order valence-electron chi connectivity index (χ0n) is 18.6. The van der Waals surface area contributed by atoms with Crippen LogP contribution in [0.3, 0.4) is 0 Å². The van der Waals surface area contributed by atoms with E-state index in [0.717, 1.165) is 21.2 Å². The Labute approximate surface area is 201 Å². The molecule has 0 radical (unpaired) electrons. The van der Waals surface area contributed by atoms with Crippen molar-refractivity contribution in [2.45, 2.75) is 16.7 Å². The van der Waals surface area contributed by atoms with Crippen molar-refractivity contribution in [3.63, 3.8) is 0 Å². The second-order valence-electron chi connectivity index (χ2n) is 7.11.